The number of hydrogen-bond acceptors (Lipinski definition) is 3. The van der Waals surface area contributed by atoms with Crippen LogP contribution < -0.4 is 0 Å². The van der Waals surface area contributed by atoms with Gasteiger partial charge in [-0.2, -0.15) is 5.10 Å². The van der Waals surface area contributed by atoms with Gasteiger partial charge in [-0.25, -0.2) is 4.79 Å². The molecule has 0 aliphatic heterocycles. The Morgan fingerprint density at radius 2 is 2.18 bits per heavy atom. The zero-order valence-electron chi connectivity index (χ0n) is 10.2. The highest BCUT2D eigenvalue weighted by atomic mass is 16.4. The summed E-state index contributed by atoms with van der Waals surface area (Å²) in [5.74, 6) is -1.12. The molecule has 0 saturated heterocycles. The van der Waals surface area contributed by atoms with Crippen molar-refractivity contribution in [3.8, 4) is 0 Å². The molecule has 0 aromatic carbocycles. The highest BCUT2D eigenvalue weighted by molar-refractivity contribution is 5.95. The molecule has 1 aromatic heterocycles. The predicted molar refractivity (Wildman–Crippen MR) is 61.6 cm³/mol. The zero-order chi connectivity index (χ0) is 13.0. The minimum absolute atomic E-state index is 0.204. The van der Waals surface area contributed by atoms with Gasteiger partial charge in [0.05, 0.1) is 11.8 Å². The molecule has 1 aromatic rings. The maximum Gasteiger partial charge on any atom is 0.326 e. The van der Waals surface area contributed by atoms with Crippen LogP contribution in [0.3, 0.4) is 0 Å². The smallest absolute Gasteiger partial charge is 0.326 e. The summed E-state index contributed by atoms with van der Waals surface area (Å²) in [6.07, 6.45) is 3.26. The van der Waals surface area contributed by atoms with E-state index in [2.05, 4.69) is 10.2 Å². The van der Waals surface area contributed by atoms with E-state index in [0.717, 1.165) is 0 Å². The van der Waals surface area contributed by atoms with Crippen molar-refractivity contribution in [3.63, 3.8) is 0 Å². The van der Waals surface area contributed by atoms with E-state index in [0.29, 0.717) is 12.0 Å². The summed E-state index contributed by atoms with van der Waals surface area (Å²) in [7, 11) is 1.50. The predicted octanol–water partition coefficient (Wildman–Crippen LogP) is 0.981. The molecule has 6 nitrogen and oxygen atoms in total. The fraction of sp³-hybridized carbons (Fsp3) is 0.545. The Kier molecular flexibility index (Phi) is 4.25. The molecule has 94 valence electrons. The SMILES string of the molecule is CC(C)CC(C(=O)O)N(C)C(=O)c1cn[nH]c1. The van der Waals surface area contributed by atoms with Gasteiger partial charge in [0.25, 0.3) is 5.91 Å². The number of nitrogens with zero attached hydrogens (tertiary/aromatic N) is 2. The summed E-state index contributed by atoms with van der Waals surface area (Å²) >= 11 is 0. The summed E-state index contributed by atoms with van der Waals surface area (Å²) in [6, 6.07) is -0.808. The van der Waals surface area contributed by atoms with E-state index >= 15 is 0 Å². The Bertz CT molecular complexity index is 387. The monoisotopic (exact) mass is 239 g/mol. The van der Waals surface area contributed by atoms with Gasteiger partial charge in [0.2, 0.25) is 0 Å². The van der Waals surface area contributed by atoms with Gasteiger partial charge in [0.15, 0.2) is 0 Å². The van der Waals surface area contributed by atoms with Gasteiger partial charge in [-0.15, -0.1) is 0 Å². The number of carbonyl (C=O) groups excluding carboxylic acids is 1. The number of nitrogens with one attached hydrogen (secondary N) is 1. The van der Waals surface area contributed by atoms with E-state index in [1.54, 1.807) is 0 Å². The molecule has 0 bridgehead atoms. The molecule has 0 saturated carbocycles. The lowest BCUT2D eigenvalue weighted by molar-refractivity contribution is -0.142. The van der Waals surface area contributed by atoms with Crippen LogP contribution in [0.25, 0.3) is 0 Å². The van der Waals surface area contributed by atoms with E-state index in [4.69, 9.17) is 5.11 Å². The third kappa shape index (κ3) is 3.30. The van der Waals surface area contributed by atoms with Crippen LogP contribution in [0.1, 0.15) is 30.6 Å². The van der Waals surface area contributed by atoms with Crippen molar-refractivity contribution in [1.82, 2.24) is 15.1 Å². The fourth-order valence-electron chi connectivity index (χ4n) is 1.58. The van der Waals surface area contributed by atoms with Crippen LogP contribution in [0.2, 0.25) is 0 Å². The Morgan fingerprint density at radius 3 is 2.59 bits per heavy atom. The number of aromatic nitrogens is 2. The summed E-state index contributed by atoms with van der Waals surface area (Å²) in [6.45, 7) is 3.85. The molecule has 1 atom stereocenters. The number of likely N-dealkylation sites (N-methyl/N-ethyl adjacent to an activating group) is 1. The lowest BCUT2D eigenvalue weighted by Crippen LogP contribution is -2.43. The average molecular weight is 239 g/mol. The van der Waals surface area contributed by atoms with E-state index in [1.165, 1.54) is 24.3 Å². The van der Waals surface area contributed by atoms with E-state index < -0.39 is 12.0 Å². The number of hydrogen-bond donors (Lipinski definition) is 2. The third-order valence-corrected chi connectivity index (χ3v) is 2.51. The number of aliphatic carboxylic acids is 1. The molecular formula is C11H17N3O3. The van der Waals surface area contributed by atoms with Crippen molar-refractivity contribution in [2.24, 2.45) is 5.92 Å². The van der Waals surface area contributed by atoms with E-state index in [1.807, 2.05) is 13.8 Å². The van der Waals surface area contributed by atoms with E-state index in [-0.39, 0.29) is 11.8 Å². The van der Waals surface area contributed by atoms with Gasteiger partial charge in [-0.1, -0.05) is 13.8 Å². The number of aromatic amines is 1. The first-order valence-corrected chi connectivity index (χ1v) is 5.42. The van der Waals surface area contributed by atoms with Crippen LogP contribution in [0.5, 0.6) is 0 Å². The Labute approximate surface area is 99.6 Å². The molecule has 1 rings (SSSR count). The molecule has 0 spiro atoms. The second-order valence-corrected chi connectivity index (χ2v) is 4.39. The molecule has 17 heavy (non-hydrogen) atoms. The van der Waals surface area contributed by atoms with Gasteiger partial charge in [0, 0.05) is 13.2 Å². The first-order chi connectivity index (χ1) is 7.93. The summed E-state index contributed by atoms with van der Waals surface area (Å²) in [5.41, 5.74) is 0.363. The minimum Gasteiger partial charge on any atom is -0.480 e. The van der Waals surface area contributed by atoms with Gasteiger partial charge in [-0.3, -0.25) is 9.89 Å². The van der Waals surface area contributed by atoms with Crippen LogP contribution in [0.4, 0.5) is 0 Å². The van der Waals surface area contributed by atoms with Gasteiger partial charge < -0.3 is 10.0 Å². The largest absolute Gasteiger partial charge is 0.480 e. The molecule has 0 aliphatic carbocycles. The third-order valence-electron chi connectivity index (χ3n) is 2.51. The lowest BCUT2D eigenvalue weighted by Gasteiger charge is -2.25. The number of H-pyrrole nitrogens is 1. The zero-order valence-corrected chi connectivity index (χ0v) is 10.2. The highest BCUT2D eigenvalue weighted by Gasteiger charge is 2.28. The number of carboxylic acids is 1. The molecule has 1 heterocycles. The standard InChI is InChI=1S/C11H17N3O3/c1-7(2)4-9(11(16)17)14(3)10(15)8-5-12-13-6-8/h5-7,9H,4H2,1-3H3,(H,12,13)(H,16,17). The van der Waals surface area contributed by atoms with Crippen LogP contribution in [-0.4, -0.2) is 45.2 Å². The second-order valence-electron chi connectivity index (χ2n) is 4.39. The van der Waals surface area contributed by atoms with Crippen molar-refractivity contribution in [2.75, 3.05) is 7.05 Å². The maximum absolute atomic E-state index is 11.9. The minimum atomic E-state index is -0.988. The Morgan fingerprint density at radius 1 is 1.53 bits per heavy atom. The highest BCUT2D eigenvalue weighted by Crippen LogP contribution is 2.13. The molecule has 2 N–H and O–H groups in total. The Balaban J connectivity index is 2.81. The van der Waals surface area contributed by atoms with Crippen LogP contribution in [-0.2, 0) is 4.79 Å². The molecule has 0 fully saturated rings. The summed E-state index contributed by atoms with van der Waals surface area (Å²) in [4.78, 5) is 24.3. The number of amides is 1. The lowest BCUT2D eigenvalue weighted by atomic mass is 10.0. The topological polar surface area (TPSA) is 86.3 Å². The normalized spacial score (nSPS) is 12.5. The van der Waals surface area contributed by atoms with Crippen molar-refractivity contribution in [1.29, 1.82) is 0 Å². The first-order valence-electron chi connectivity index (χ1n) is 5.42. The van der Waals surface area contributed by atoms with Crippen molar-refractivity contribution in [2.45, 2.75) is 26.3 Å². The van der Waals surface area contributed by atoms with Crippen molar-refractivity contribution >= 4 is 11.9 Å². The molecule has 6 heteroatoms. The number of rotatable bonds is 5. The quantitative estimate of drug-likeness (QED) is 0.802. The molecule has 1 unspecified atom stereocenters. The number of carbonyl (C=O) groups is 2. The summed E-state index contributed by atoms with van der Waals surface area (Å²) < 4.78 is 0. The second kappa shape index (κ2) is 5.47. The van der Waals surface area contributed by atoms with Gasteiger partial charge >= 0.3 is 5.97 Å². The van der Waals surface area contributed by atoms with Crippen LogP contribution >= 0.6 is 0 Å². The van der Waals surface area contributed by atoms with E-state index in [9.17, 15) is 9.59 Å². The first kappa shape index (κ1) is 13.2. The van der Waals surface area contributed by atoms with Gasteiger partial charge in [-0.05, 0) is 12.3 Å². The summed E-state index contributed by atoms with van der Waals surface area (Å²) in [5, 5.41) is 15.3. The molecule has 0 aliphatic rings. The fourth-order valence-corrected chi connectivity index (χ4v) is 1.58. The average Bonchev–Trinajstić information content (AvgIpc) is 2.76. The van der Waals surface area contributed by atoms with Crippen LogP contribution in [0.15, 0.2) is 12.4 Å². The molecule has 0 radical (unpaired) electrons. The van der Waals surface area contributed by atoms with Crippen LogP contribution in [0, 0.1) is 5.92 Å². The Hall–Kier alpha value is -1.85. The van der Waals surface area contributed by atoms with Crippen molar-refractivity contribution < 1.29 is 14.7 Å². The molecule has 1 amide bonds. The van der Waals surface area contributed by atoms with Gasteiger partial charge in [0.1, 0.15) is 6.04 Å². The van der Waals surface area contributed by atoms with Crippen molar-refractivity contribution in [3.05, 3.63) is 18.0 Å². The maximum atomic E-state index is 11.9. The molecular weight excluding hydrogens is 222 g/mol. The number of carboxylic acid groups (broad SMARTS) is 1.